The number of anilines is 1. The van der Waals surface area contributed by atoms with Gasteiger partial charge in [0.15, 0.2) is 0 Å². The molecule has 204 valence electrons. The van der Waals surface area contributed by atoms with Crippen LogP contribution in [0.5, 0.6) is 0 Å². The molecule has 0 aromatic heterocycles. The van der Waals surface area contributed by atoms with Gasteiger partial charge in [0.2, 0.25) is 5.91 Å². The van der Waals surface area contributed by atoms with E-state index in [1.165, 1.54) is 11.0 Å². The molecular formula is C26H37FN4O6. The van der Waals surface area contributed by atoms with Crippen molar-refractivity contribution in [1.82, 2.24) is 9.80 Å². The van der Waals surface area contributed by atoms with Gasteiger partial charge in [-0.05, 0) is 65.7 Å². The number of piperazine rings is 1. The minimum atomic E-state index is -1.03. The summed E-state index contributed by atoms with van der Waals surface area (Å²) in [6.07, 6.45) is -0.495. The molecule has 2 heterocycles. The predicted molar refractivity (Wildman–Crippen MR) is 134 cm³/mol. The highest BCUT2D eigenvalue weighted by Gasteiger charge is 2.37. The van der Waals surface area contributed by atoms with E-state index in [4.69, 9.17) is 15.2 Å². The Kier molecular flexibility index (Phi) is 8.04. The highest BCUT2D eigenvalue weighted by molar-refractivity contribution is 6.01. The van der Waals surface area contributed by atoms with Gasteiger partial charge in [0, 0.05) is 44.7 Å². The standard InChI is InChI=1S/C26H37FN4O6/c1-25(2,3)36-21(32)8-7-19(22(28)33)31-15-16-13-20(18(27)14-17(16)23(31)34)29-9-11-30(12-10-29)24(35)37-26(4,5)6/h13-14,19H,7-12,15H2,1-6H3,(H2,28,33). The van der Waals surface area contributed by atoms with E-state index in [1.807, 2.05) is 4.90 Å². The largest absolute Gasteiger partial charge is 0.460 e. The molecule has 2 aliphatic heterocycles. The van der Waals surface area contributed by atoms with Gasteiger partial charge in [-0.15, -0.1) is 0 Å². The Morgan fingerprint density at radius 2 is 1.59 bits per heavy atom. The van der Waals surface area contributed by atoms with E-state index in [1.54, 1.807) is 52.5 Å². The van der Waals surface area contributed by atoms with E-state index >= 15 is 4.39 Å². The molecule has 1 aromatic rings. The molecule has 3 amide bonds. The average molecular weight is 521 g/mol. The second-order valence-electron chi connectivity index (χ2n) is 11.4. The predicted octanol–water partition coefficient (Wildman–Crippen LogP) is 2.81. The number of ether oxygens (including phenoxy) is 2. The molecule has 1 unspecified atom stereocenters. The van der Waals surface area contributed by atoms with Crippen LogP contribution in [0.1, 0.15) is 70.3 Å². The van der Waals surface area contributed by atoms with Crippen LogP contribution in [0.25, 0.3) is 0 Å². The van der Waals surface area contributed by atoms with Crippen LogP contribution in [0.15, 0.2) is 12.1 Å². The number of nitrogens with two attached hydrogens (primary N) is 1. The summed E-state index contributed by atoms with van der Waals surface area (Å²) in [7, 11) is 0. The lowest BCUT2D eigenvalue weighted by atomic mass is 10.1. The van der Waals surface area contributed by atoms with Crippen LogP contribution < -0.4 is 10.6 Å². The van der Waals surface area contributed by atoms with Crippen molar-refractivity contribution < 1.29 is 33.0 Å². The lowest BCUT2D eigenvalue weighted by Gasteiger charge is -2.37. The van der Waals surface area contributed by atoms with Crippen molar-refractivity contribution >= 4 is 29.6 Å². The number of fused-ring (bicyclic) bond motifs is 1. The third-order valence-corrected chi connectivity index (χ3v) is 6.02. The van der Waals surface area contributed by atoms with Crippen molar-refractivity contribution in [2.75, 3.05) is 31.1 Å². The summed E-state index contributed by atoms with van der Waals surface area (Å²) < 4.78 is 25.8. The monoisotopic (exact) mass is 520 g/mol. The lowest BCUT2D eigenvalue weighted by Crippen LogP contribution is -2.50. The van der Waals surface area contributed by atoms with Crippen molar-refractivity contribution in [1.29, 1.82) is 0 Å². The molecule has 11 heteroatoms. The van der Waals surface area contributed by atoms with Gasteiger partial charge in [-0.1, -0.05) is 0 Å². The van der Waals surface area contributed by atoms with Gasteiger partial charge in [0.05, 0.1) is 5.69 Å². The number of carbonyl (C=O) groups is 4. The van der Waals surface area contributed by atoms with Gasteiger partial charge in [-0.2, -0.15) is 0 Å². The average Bonchev–Trinajstić information content (AvgIpc) is 3.06. The summed E-state index contributed by atoms with van der Waals surface area (Å²) in [5, 5.41) is 0. The first-order chi connectivity index (χ1) is 17.1. The number of esters is 1. The smallest absolute Gasteiger partial charge is 0.410 e. The molecule has 0 aliphatic carbocycles. The molecule has 2 N–H and O–H groups in total. The number of amides is 3. The molecule has 0 bridgehead atoms. The molecule has 0 radical (unpaired) electrons. The van der Waals surface area contributed by atoms with Crippen LogP contribution in [-0.2, 0) is 25.6 Å². The first-order valence-corrected chi connectivity index (χ1v) is 12.4. The van der Waals surface area contributed by atoms with Gasteiger partial charge in [0.1, 0.15) is 23.1 Å². The number of hydrogen-bond donors (Lipinski definition) is 1. The molecule has 0 saturated carbocycles. The van der Waals surface area contributed by atoms with E-state index in [0.717, 1.165) is 0 Å². The third-order valence-electron chi connectivity index (χ3n) is 6.02. The van der Waals surface area contributed by atoms with Crippen molar-refractivity contribution in [3.8, 4) is 0 Å². The highest BCUT2D eigenvalue weighted by Crippen LogP contribution is 2.32. The van der Waals surface area contributed by atoms with Crippen LogP contribution in [0.3, 0.4) is 0 Å². The molecule has 2 aliphatic rings. The quantitative estimate of drug-likeness (QED) is 0.572. The van der Waals surface area contributed by atoms with Crippen molar-refractivity contribution in [2.45, 2.75) is 78.2 Å². The molecule has 1 atom stereocenters. The van der Waals surface area contributed by atoms with Gasteiger partial charge in [-0.25, -0.2) is 9.18 Å². The van der Waals surface area contributed by atoms with Crippen LogP contribution in [0.4, 0.5) is 14.9 Å². The zero-order valence-electron chi connectivity index (χ0n) is 22.4. The maximum Gasteiger partial charge on any atom is 0.410 e. The first kappa shape index (κ1) is 28.2. The maximum atomic E-state index is 15.1. The summed E-state index contributed by atoms with van der Waals surface area (Å²) >= 11 is 0. The fraction of sp³-hybridized carbons (Fsp3) is 0.615. The van der Waals surface area contributed by atoms with E-state index in [9.17, 15) is 19.2 Å². The normalized spacial score (nSPS) is 16.9. The summed E-state index contributed by atoms with van der Waals surface area (Å²) in [6, 6.07) is 1.76. The third kappa shape index (κ3) is 7.11. The van der Waals surface area contributed by atoms with E-state index in [2.05, 4.69) is 0 Å². The van der Waals surface area contributed by atoms with E-state index in [-0.39, 0.29) is 24.9 Å². The summed E-state index contributed by atoms with van der Waals surface area (Å²) in [6.45, 7) is 12.2. The Balaban J connectivity index is 1.69. The maximum absolute atomic E-state index is 15.1. The van der Waals surface area contributed by atoms with Crippen LogP contribution in [-0.4, -0.2) is 77.1 Å². The Hall–Kier alpha value is -3.37. The Morgan fingerprint density at radius 3 is 2.14 bits per heavy atom. The van der Waals surface area contributed by atoms with Gasteiger partial charge >= 0.3 is 12.1 Å². The number of halogens is 1. The second kappa shape index (κ2) is 10.5. The van der Waals surface area contributed by atoms with Crippen molar-refractivity contribution in [3.63, 3.8) is 0 Å². The Morgan fingerprint density at radius 1 is 1.00 bits per heavy atom. The van der Waals surface area contributed by atoms with Crippen LogP contribution in [0, 0.1) is 5.82 Å². The molecule has 10 nitrogen and oxygen atoms in total. The van der Waals surface area contributed by atoms with E-state index < -0.39 is 46.9 Å². The lowest BCUT2D eigenvalue weighted by molar-refractivity contribution is -0.155. The van der Waals surface area contributed by atoms with E-state index in [0.29, 0.717) is 37.4 Å². The zero-order chi connectivity index (χ0) is 27.7. The summed E-state index contributed by atoms with van der Waals surface area (Å²) in [5.41, 5.74) is 5.35. The van der Waals surface area contributed by atoms with Crippen molar-refractivity contribution in [3.05, 3.63) is 29.1 Å². The summed E-state index contributed by atoms with van der Waals surface area (Å²) in [5.74, 6) is -2.32. The summed E-state index contributed by atoms with van der Waals surface area (Å²) in [4.78, 5) is 54.4. The number of nitrogens with zero attached hydrogens (tertiary/aromatic N) is 3. The van der Waals surface area contributed by atoms with Crippen molar-refractivity contribution in [2.24, 2.45) is 5.73 Å². The fourth-order valence-corrected chi connectivity index (χ4v) is 4.39. The number of carbonyl (C=O) groups excluding carboxylic acids is 4. The topological polar surface area (TPSA) is 122 Å². The SMILES string of the molecule is CC(C)(C)OC(=O)CCC(C(N)=O)N1Cc2cc(N3CCN(C(=O)OC(C)(C)C)CC3)c(F)cc2C1=O. The number of primary amides is 1. The number of hydrogen-bond acceptors (Lipinski definition) is 7. The molecule has 0 spiro atoms. The minimum Gasteiger partial charge on any atom is -0.460 e. The second-order valence-corrected chi connectivity index (χ2v) is 11.4. The van der Waals surface area contributed by atoms with Gasteiger partial charge in [0.25, 0.3) is 5.91 Å². The molecular weight excluding hydrogens is 483 g/mol. The first-order valence-electron chi connectivity index (χ1n) is 12.4. The molecule has 1 saturated heterocycles. The molecule has 37 heavy (non-hydrogen) atoms. The molecule has 1 aromatic carbocycles. The number of rotatable bonds is 6. The highest BCUT2D eigenvalue weighted by atomic mass is 19.1. The van der Waals surface area contributed by atoms with Gasteiger partial charge in [-0.3, -0.25) is 14.4 Å². The number of benzene rings is 1. The molecule has 3 rings (SSSR count). The fourth-order valence-electron chi connectivity index (χ4n) is 4.39. The molecule has 1 fully saturated rings. The Bertz CT molecular complexity index is 1070. The minimum absolute atomic E-state index is 0.00589. The van der Waals surface area contributed by atoms with Crippen LogP contribution >= 0.6 is 0 Å². The van der Waals surface area contributed by atoms with Gasteiger partial charge < -0.3 is 29.9 Å². The zero-order valence-corrected chi connectivity index (χ0v) is 22.4. The Labute approximate surface area is 216 Å². The van der Waals surface area contributed by atoms with Crippen LogP contribution in [0.2, 0.25) is 0 Å².